The number of hydrogen-bond acceptors (Lipinski definition) is 4. The van der Waals surface area contributed by atoms with E-state index in [9.17, 15) is 9.18 Å². The van der Waals surface area contributed by atoms with E-state index < -0.39 is 24.8 Å². The van der Waals surface area contributed by atoms with Gasteiger partial charge in [-0.3, -0.25) is 4.79 Å². The van der Waals surface area contributed by atoms with Crippen molar-refractivity contribution in [3.63, 3.8) is 0 Å². The predicted octanol–water partition coefficient (Wildman–Crippen LogP) is -0.403. The Labute approximate surface area is 70.5 Å². The molecule has 0 fully saturated rings. The molecule has 0 rings (SSSR count). The van der Waals surface area contributed by atoms with Gasteiger partial charge >= 0.3 is 5.97 Å². The highest BCUT2D eigenvalue weighted by molar-refractivity contribution is 5.75. The number of alkyl halides is 1. The monoisotopic (exact) mass is 179 g/mol. The van der Waals surface area contributed by atoms with Crippen molar-refractivity contribution >= 4 is 5.97 Å². The normalized spacial score (nSPS) is 15.3. The van der Waals surface area contributed by atoms with Crippen molar-refractivity contribution in [1.29, 1.82) is 0 Å². The molecule has 0 aliphatic heterocycles. The van der Waals surface area contributed by atoms with Crippen LogP contribution in [0.2, 0.25) is 0 Å². The molecule has 72 valence electrons. The highest BCUT2D eigenvalue weighted by Crippen LogP contribution is 1.98. The second-order valence-electron chi connectivity index (χ2n) is 2.40. The fourth-order valence-corrected chi connectivity index (χ4v) is 0.702. The highest BCUT2D eigenvalue weighted by Gasteiger charge is 2.18. The predicted molar refractivity (Wildman–Crippen MR) is 41.2 cm³/mol. The molecule has 0 aliphatic rings. The standard InChI is InChI=1S/C7H14FNO3/c1-2-12-7(11)6(9)3-5(10)4-8/h5-6,10H,2-4,9H2,1H3. The van der Waals surface area contributed by atoms with E-state index in [0.29, 0.717) is 0 Å². The number of halogens is 1. The molecule has 5 heteroatoms. The fourth-order valence-electron chi connectivity index (χ4n) is 0.702. The number of nitrogens with two attached hydrogens (primary N) is 1. The Kier molecular flexibility index (Phi) is 5.57. The number of aliphatic hydroxyl groups is 1. The van der Waals surface area contributed by atoms with E-state index in [2.05, 4.69) is 4.74 Å². The molecule has 0 aliphatic carbocycles. The van der Waals surface area contributed by atoms with Crippen molar-refractivity contribution in [2.24, 2.45) is 5.73 Å². The Bertz CT molecular complexity index is 143. The van der Waals surface area contributed by atoms with Crippen LogP contribution in [0.25, 0.3) is 0 Å². The molecule has 0 aromatic heterocycles. The number of carbonyl (C=O) groups excluding carboxylic acids is 1. The molecular weight excluding hydrogens is 165 g/mol. The van der Waals surface area contributed by atoms with E-state index >= 15 is 0 Å². The summed E-state index contributed by atoms with van der Waals surface area (Å²) in [5, 5.41) is 8.78. The van der Waals surface area contributed by atoms with Gasteiger partial charge in [0.05, 0.1) is 12.7 Å². The summed E-state index contributed by atoms with van der Waals surface area (Å²) in [5.41, 5.74) is 5.28. The highest BCUT2D eigenvalue weighted by atomic mass is 19.1. The summed E-state index contributed by atoms with van der Waals surface area (Å²) >= 11 is 0. The van der Waals surface area contributed by atoms with E-state index in [0.717, 1.165) is 0 Å². The smallest absolute Gasteiger partial charge is 0.322 e. The molecular formula is C7H14FNO3. The molecule has 0 aromatic rings. The fraction of sp³-hybridized carbons (Fsp3) is 0.857. The van der Waals surface area contributed by atoms with Gasteiger partial charge in [-0.2, -0.15) is 0 Å². The van der Waals surface area contributed by atoms with Gasteiger partial charge in [-0.15, -0.1) is 0 Å². The lowest BCUT2D eigenvalue weighted by atomic mass is 10.1. The first-order valence-corrected chi connectivity index (χ1v) is 3.78. The summed E-state index contributed by atoms with van der Waals surface area (Å²) < 4.78 is 16.3. The molecule has 0 spiro atoms. The van der Waals surface area contributed by atoms with Crippen LogP contribution in [-0.4, -0.2) is 36.5 Å². The van der Waals surface area contributed by atoms with Crippen molar-refractivity contribution in [3.8, 4) is 0 Å². The van der Waals surface area contributed by atoms with Crippen LogP contribution in [0.4, 0.5) is 4.39 Å². The molecule has 0 heterocycles. The van der Waals surface area contributed by atoms with Gasteiger partial charge in [-0.1, -0.05) is 0 Å². The van der Waals surface area contributed by atoms with Crippen LogP contribution < -0.4 is 5.73 Å². The molecule has 0 amide bonds. The molecule has 4 nitrogen and oxygen atoms in total. The summed E-state index contributed by atoms with van der Waals surface area (Å²) in [5.74, 6) is -0.606. The second kappa shape index (κ2) is 5.91. The van der Waals surface area contributed by atoms with Crippen molar-refractivity contribution < 1.29 is 19.0 Å². The Morgan fingerprint density at radius 1 is 1.75 bits per heavy atom. The molecule has 2 atom stereocenters. The minimum absolute atomic E-state index is 0.102. The van der Waals surface area contributed by atoms with E-state index in [4.69, 9.17) is 10.8 Å². The van der Waals surface area contributed by atoms with Crippen LogP contribution in [0.1, 0.15) is 13.3 Å². The molecule has 3 N–H and O–H groups in total. The minimum atomic E-state index is -1.18. The third-order valence-corrected chi connectivity index (χ3v) is 1.29. The van der Waals surface area contributed by atoms with Crippen LogP contribution in [0.3, 0.4) is 0 Å². The number of esters is 1. The lowest BCUT2D eigenvalue weighted by molar-refractivity contribution is -0.145. The number of carbonyl (C=O) groups is 1. The molecule has 0 aromatic carbocycles. The zero-order valence-electron chi connectivity index (χ0n) is 7.00. The molecule has 0 saturated heterocycles. The maximum Gasteiger partial charge on any atom is 0.322 e. The van der Waals surface area contributed by atoms with Gasteiger partial charge in [0.2, 0.25) is 0 Å². The van der Waals surface area contributed by atoms with Crippen LogP contribution in [-0.2, 0) is 9.53 Å². The summed E-state index contributed by atoms with van der Waals surface area (Å²) in [6.45, 7) is 0.988. The first-order valence-electron chi connectivity index (χ1n) is 3.78. The van der Waals surface area contributed by atoms with Crippen molar-refractivity contribution in [2.45, 2.75) is 25.5 Å². The van der Waals surface area contributed by atoms with E-state index in [1.54, 1.807) is 6.92 Å². The van der Waals surface area contributed by atoms with Crippen LogP contribution >= 0.6 is 0 Å². The average molecular weight is 179 g/mol. The average Bonchev–Trinajstić information content (AvgIpc) is 2.04. The number of aliphatic hydroxyl groups excluding tert-OH is 1. The van der Waals surface area contributed by atoms with Gasteiger partial charge in [0.15, 0.2) is 0 Å². The molecule has 0 radical (unpaired) electrons. The van der Waals surface area contributed by atoms with Gasteiger partial charge in [0, 0.05) is 6.42 Å². The lowest BCUT2D eigenvalue weighted by Crippen LogP contribution is -2.36. The Morgan fingerprint density at radius 3 is 2.75 bits per heavy atom. The third-order valence-electron chi connectivity index (χ3n) is 1.29. The number of rotatable bonds is 5. The second-order valence-corrected chi connectivity index (χ2v) is 2.40. The Morgan fingerprint density at radius 2 is 2.33 bits per heavy atom. The maximum atomic E-state index is 11.7. The van der Waals surface area contributed by atoms with Crippen molar-refractivity contribution in [2.75, 3.05) is 13.3 Å². The van der Waals surface area contributed by atoms with E-state index in [1.165, 1.54) is 0 Å². The quantitative estimate of drug-likeness (QED) is 0.563. The first-order chi connectivity index (χ1) is 5.61. The molecule has 2 unspecified atom stereocenters. The SMILES string of the molecule is CCOC(=O)C(N)CC(O)CF. The van der Waals surface area contributed by atoms with Crippen LogP contribution in [0, 0.1) is 0 Å². The Balaban J connectivity index is 3.70. The largest absolute Gasteiger partial charge is 0.465 e. The zero-order valence-corrected chi connectivity index (χ0v) is 7.00. The van der Waals surface area contributed by atoms with Crippen LogP contribution in [0.5, 0.6) is 0 Å². The van der Waals surface area contributed by atoms with Crippen molar-refractivity contribution in [1.82, 2.24) is 0 Å². The number of ether oxygens (including phenoxy) is 1. The van der Waals surface area contributed by atoms with Gasteiger partial charge in [-0.25, -0.2) is 4.39 Å². The summed E-state index contributed by atoms with van der Waals surface area (Å²) in [7, 11) is 0. The lowest BCUT2D eigenvalue weighted by Gasteiger charge is -2.12. The topological polar surface area (TPSA) is 72.5 Å². The first kappa shape index (κ1) is 11.3. The van der Waals surface area contributed by atoms with Crippen molar-refractivity contribution in [3.05, 3.63) is 0 Å². The van der Waals surface area contributed by atoms with E-state index in [1.807, 2.05) is 0 Å². The van der Waals surface area contributed by atoms with Gasteiger partial charge in [0.25, 0.3) is 0 Å². The van der Waals surface area contributed by atoms with Gasteiger partial charge in [0.1, 0.15) is 12.7 Å². The zero-order chi connectivity index (χ0) is 9.56. The van der Waals surface area contributed by atoms with Crippen LogP contribution in [0.15, 0.2) is 0 Å². The van der Waals surface area contributed by atoms with E-state index in [-0.39, 0.29) is 13.0 Å². The Hall–Kier alpha value is -0.680. The summed E-state index contributed by atoms with van der Waals surface area (Å²) in [6, 6.07) is -0.935. The van der Waals surface area contributed by atoms with Gasteiger partial charge < -0.3 is 15.6 Å². The minimum Gasteiger partial charge on any atom is -0.465 e. The molecule has 0 saturated carbocycles. The number of hydrogen-bond donors (Lipinski definition) is 2. The third kappa shape index (κ3) is 4.25. The summed E-state index contributed by atoms with van der Waals surface area (Å²) in [6.07, 6.45) is -1.28. The molecule has 12 heavy (non-hydrogen) atoms. The van der Waals surface area contributed by atoms with Gasteiger partial charge in [-0.05, 0) is 6.92 Å². The molecule has 0 bridgehead atoms. The summed E-state index contributed by atoms with van der Waals surface area (Å²) in [4.78, 5) is 10.8. The maximum absolute atomic E-state index is 11.7.